The maximum atomic E-state index is 14.4. The number of carbonyl (C=O) groups is 1. The van der Waals surface area contributed by atoms with Gasteiger partial charge in [0.2, 0.25) is 0 Å². The van der Waals surface area contributed by atoms with Crippen LogP contribution in [0.2, 0.25) is 0 Å². The molecule has 0 bridgehead atoms. The molecule has 3 heterocycles. The minimum absolute atomic E-state index is 0.207. The van der Waals surface area contributed by atoms with Crippen molar-refractivity contribution in [3.8, 4) is 11.5 Å². The molecule has 0 spiro atoms. The van der Waals surface area contributed by atoms with Crippen LogP contribution in [0.3, 0.4) is 0 Å². The fourth-order valence-corrected chi connectivity index (χ4v) is 4.51. The van der Waals surface area contributed by atoms with Crippen LogP contribution in [-0.2, 0) is 17.8 Å². The number of aliphatic imine (C=N–C) groups is 1. The van der Waals surface area contributed by atoms with Gasteiger partial charge in [-0.3, -0.25) is 14.7 Å². The van der Waals surface area contributed by atoms with Gasteiger partial charge >= 0.3 is 0 Å². The molecule has 0 saturated carbocycles. The monoisotopic (exact) mass is 459 g/mol. The average molecular weight is 460 g/mol. The van der Waals surface area contributed by atoms with Crippen molar-refractivity contribution in [2.24, 2.45) is 4.99 Å². The van der Waals surface area contributed by atoms with Gasteiger partial charge in [-0.05, 0) is 43.7 Å². The molecule has 1 aromatic heterocycles. The average Bonchev–Trinajstić information content (AvgIpc) is 3.32. The van der Waals surface area contributed by atoms with Gasteiger partial charge in [-0.2, -0.15) is 0 Å². The normalized spacial score (nSPS) is 17.4. The smallest absolute Gasteiger partial charge is 0.266 e. The van der Waals surface area contributed by atoms with Gasteiger partial charge in [0.25, 0.3) is 5.91 Å². The van der Waals surface area contributed by atoms with E-state index in [0.29, 0.717) is 23.0 Å². The molecule has 6 nitrogen and oxygen atoms in total. The van der Waals surface area contributed by atoms with Gasteiger partial charge < -0.3 is 9.47 Å². The summed E-state index contributed by atoms with van der Waals surface area (Å²) in [5, 5.41) is 0. The molecule has 1 atom stereocenters. The number of halogens is 1. The van der Waals surface area contributed by atoms with Gasteiger partial charge in [0.1, 0.15) is 22.9 Å². The predicted octanol–water partition coefficient (Wildman–Crippen LogP) is 5.19. The van der Waals surface area contributed by atoms with Crippen molar-refractivity contribution in [1.82, 2.24) is 9.88 Å². The van der Waals surface area contributed by atoms with Gasteiger partial charge in [0.05, 0.1) is 12.2 Å². The standard InChI is InChI=1S/C27H26FN3O3/c1-17-20-10-7-11-21(28)24(20)30-26(17)31(15-19-9-4-5-13-29-19)23(32)16-33-22-12-6-8-18-14-27(2,3)34-25(18)22/h4-13,17H,14-16H2,1-3H3. The molecule has 0 fully saturated rings. The summed E-state index contributed by atoms with van der Waals surface area (Å²) in [7, 11) is 0. The Bertz CT molecular complexity index is 1270. The largest absolute Gasteiger partial charge is 0.483 e. The topological polar surface area (TPSA) is 64.0 Å². The van der Waals surface area contributed by atoms with Crippen molar-refractivity contribution in [3.63, 3.8) is 0 Å². The fourth-order valence-electron chi connectivity index (χ4n) is 4.51. The molecule has 0 radical (unpaired) electrons. The summed E-state index contributed by atoms with van der Waals surface area (Å²) >= 11 is 0. The van der Waals surface area contributed by atoms with E-state index in [9.17, 15) is 9.18 Å². The number of carbonyl (C=O) groups excluding carboxylic acids is 1. The molecule has 34 heavy (non-hydrogen) atoms. The number of hydrogen-bond donors (Lipinski definition) is 0. The highest BCUT2D eigenvalue weighted by atomic mass is 19.1. The number of amides is 1. The second-order valence-electron chi connectivity index (χ2n) is 9.24. The third-order valence-electron chi connectivity index (χ3n) is 6.13. The van der Waals surface area contributed by atoms with E-state index in [1.54, 1.807) is 23.2 Å². The zero-order chi connectivity index (χ0) is 23.9. The quantitative estimate of drug-likeness (QED) is 0.527. The maximum absolute atomic E-state index is 14.4. The summed E-state index contributed by atoms with van der Waals surface area (Å²) in [6.45, 7) is 5.96. The van der Waals surface area contributed by atoms with Crippen molar-refractivity contribution >= 4 is 17.4 Å². The zero-order valence-electron chi connectivity index (χ0n) is 19.4. The van der Waals surface area contributed by atoms with Crippen LogP contribution in [0.15, 0.2) is 65.8 Å². The highest BCUT2D eigenvalue weighted by Gasteiger charge is 2.34. The number of benzene rings is 2. The van der Waals surface area contributed by atoms with E-state index in [-0.39, 0.29) is 36.3 Å². The SMILES string of the molecule is CC1C(N(Cc2ccccn2)C(=O)COc2cccc3c2OC(C)(C)C3)=Nc2c(F)cccc21. The lowest BCUT2D eigenvalue weighted by Crippen LogP contribution is -2.40. The molecule has 174 valence electrons. The van der Waals surface area contributed by atoms with Crippen LogP contribution in [-0.4, -0.2) is 33.8 Å². The number of nitrogens with zero attached hydrogens (tertiary/aromatic N) is 3. The molecule has 0 saturated heterocycles. The summed E-state index contributed by atoms with van der Waals surface area (Å²) in [6, 6.07) is 16.1. The lowest BCUT2D eigenvalue weighted by Gasteiger charge is -2.25. The Kier molecular flexibility index (Phi) is 5.55. The van der Waals surface area contributed by atoms with Crippen LogP contribution in [0, 0.1) is 5.82 Å². The van der Waals surface area contributed by atoms with E-state index in [4.69, 9.17) is 9.47 Å². The van der Waals surface area contributed by atoms with Gasteiger partial charge in [0.15, 0.2) is 18.1 Å². The third kappa shape index (κ3) is 4.14. The number of amidine groups is 1. The summed E-state index contributed by atoms with van der Waals surface area (Å²) in [4.78, 5) is 23.9. The van der Waals surface area contributed by atoms with Gasteiger partial charge in [-0.15, -0.1) is 0 Å². The van der Waals surface area contributed by atoms with Gasteiger partial charge in [-0.25, -0.2) is 9.38 Å². The molecule has 1 amide bonds. The Hall–Kier alpha value is -3.74. The zero-order valence-corrected chi connectivity index (χ0v) is 19.4. The molecule has 5 rings (SSSR count). The van der Waals surface area contributed by atoms with Gasteiger partial charge in [-0.1, -0.05) is 37.3 Å². The Morgan fingerprint density at radius 2 is 2.00 bits per heavy atom. The second-order valence-corrected chi connectivity index (χ2v) is 9.24. The Labute approximate surface area is 198 Å². The molecule has 7 heteroatoms. The minimum Gasteiger partial charge on any atom is -0.483 e. The highest BCUT2D eigenvalue weighted by Crippen LogP contribution is 2.42. The first kappa shape index (κ1) is 22.1. The van der Waals surface area contributed by atoms with Crippen molar-refractivity contribution < 1.29 is 18.7 Å². The molecule has 2 aliphatic rings. The highest BCUT2D eigenvalue weighted by molar-refractivity contribution is 6.05. The minimum atomic E-state index is -0.402. The summed E-state index contributed by atoms with van der Waals surface area (Å²) in [5.41, 5.74) is 2.47. The molecule has 1 unspecified atom stereocenters. The molecule has 0 aliphatic carbocycles. The lowest BCUT2D eigenvalue weighted by atomic mass is 10.0. The summed E-state index contributed by atoms with van der Waals surface area (Å²) < 4.78 is 26.4. The summed E-state index contributed by atoms with van der Waals surface area (Å²) in [6.07, 6.45) is 2.45. The van der Waals surface area contributed by atoms with E-state index in [0.717, 1.165) is 17.5 Å². The molecule has 3 aromatic rings. The van der Waals surface area contributed by atoms with Crippen LogP contribution < -0.4 is 9.47 Å². The number of hydrogen-bond acceptors (Lipinski definition) is 5. The fraction of sp³-hybridized carbons (Fsp3) is 0.296. The van der Waals surface area contributed by atoms with E-state index in [1.807, 2.05) is 57.2 Å². The molecule has 2 aliphatic heterocycles. The number of fused-ring (bicyclic) bond motifs is 2. The Morgan fingerprint density at radius 1 is 1.18 bits per heavy atom. The van der Waals surface area contributed by atoms with Crippen LogP contribution in [0.5, 0.6) is 11.5 Å². The van der Waals surface area contributed by atoms with Crippen molar-refractivity contribution in [2.75, 3.05) is 6.61 Å². The van der Waals surface area contributed by atoms with E-state index in [1.165, 1.54) is 6.07 Å². The van der Waals surface area contributed by atoms with E-state index < -0.39 is 5.82 Å². The number of rotatable bonds is 5. The first-order chi connectivity index (χ1) is 16.3. The number of ether oxygens (including phenoxy) is 2. The van der Waals surface area contributed by atoms with Gasteiger partial charge in [0, 0.05) is 24.1 Å². The van der Waals surface area contributed by atoms with E-state index >= 15 is 0 Å². The second kappa shape index (κ2) is 8.56. The van der Waals surface area contributed by atoms with Crippen molar-refractivity contribution in [2.45, 2.75) is 45.3 Å². The number of para-hydroxylation sites is 2. The Balaban J connectivity index is 1.41. The Morgan fingerprint density at radius 3 is 2.76 bits per heavy atom. The first-order valence-electron chi connectivity index (χ1n) is 11.3. The van der Waals surface area contributed by atoms with Crippen LogP contribution in [0.1, 0.15) is 43.5 Å². The number of aromatic nitrogens is 1. The van der Waals surface area contributed by atoms with Crippen LogP contribution in [0.4, 0.5) is 10.1 Å². The maximum Gasteiger partial charge on any atom is 0.266 e. The molecule has 0 N–H and O–H groups in total. The van der Waals surface area contributed by atoms with Crippen LogP contribution in [0.25, 0.3) is 0 Å². The summed E-state index contributed by atoms with van der Waals surface area (Å²) in [5.74, 6) is 0.751. The van der Waals surface area contributed by atoms with Crippen molar-refractivity contribution in [1.29, 1.82) is 0 Å². The lowest BCUT2D eigenvalue weighted by molar-refractivity contribution is -0.130. The number of pyridine rings is 1. The van der Waals surface area contributed by atoms with E-state index in [2.05, 4.69) is 9.98 Å². The third-order valence-corrected chi connectivity index (χ3v) is 6.13. The molecular formula is C27H26FN3O3. The van der Waals surface area contributed by atoms with Crippen molar-refractivity contribution in [3.05, 3.63) is 83.4 Å². The molecule has 2 aromatic carbocycles. The first-order valence-corrected chi connectivity index (χ1v) is 11.3. The predicted molar refractivity (Wildman–Crippen MR) is 127 cm³/mol. The molecular weight excluding hydrogens is 433 g/mol. The van der Waals surface area contributed by atoms with Crippen LogP contribution >= 0.6 is 0 Å².